The number of carbonyl (C=O) groups excluding carboxylic acids is 1. The fraction of sp³-hybridized carbons (Fsp3) is 0.900. The van der Waals surface area contributed by atoms with Gasteiger partial charge in [0.25, 0.3) is 5.91 Å². The van der Waals surface area contributed by atoms with Crippen LogP contribution in [0, 0.1) is 0 Å². The molecule has 0 rings (SSSR count). The molecule has 0 aromatic carbocycles. The molecular weight excluding hydrogens is 365 g/mol. The Hall–Kier alpha value is 0.1000. The van der Waals surface area contributed by atoms with E-state index in [1.54, 1.807) is 0 Å². The van der Waals surface area contributed by atoms with Gasteiger partial charge in [-0.05, 0) is 6.42 Å². The van der Waals surface area contributed by atoms with Crippen LogP contribution in [0.25, 0.3) is 0 Å². The second-order valence-corrected chi connectivity index (χ2v) is 5.60. The van der Waals surface area contributed by atoms with Crippen LogP contribution in [0.2, 0.25) is 0 Å². The minimum Gasteiger partial charge on any atom is -0.726 e. The van der Waals surface area contributed by atoms with Crippen LogP contribution in [-0.2, 0) is 19.4 Å². The van der Waals surface area contributed by atoms with Crippen molar-refractivity contribution in [3.63, 3.8) is 0 Å². The monoisotopic (exact) mass is 385 g/mol. The number of carbonyl (C=O) groups is 1. The average Bonchev–Trinajstić information content (AvgIpc) is 2.48. The molecule has 0 unspecified atom stereocenters. The zero-order chi connectivity index (χ0) is 18.2. The molecule has 0 bridgehead atoms. The average molecular weight is 385 g/mol. The van der Waals surface area contributed by atoms with Gasteiger partial charge in [0.05, 0.1) is 6.61 Å². The summed E-state index contributed by atoms with van der Waals surface area (Å²) < 4.78 is 34.2. The molecule has 0 fully saturated rings. The number of aliphatic hydroxyl groups excluding tert-OH is 6. The van der Waals surface area contributed by atoms with E-state index in [4.69, 9.17) is 5.11 Å². The SMILES string of the molecule is O=C(NCCCO)[C@H](O)[C@H](O)[C@@H](O)[C@H](O)[C@H](O)COS(=O)(=O)[O-].[Na+]. The fourth-order valence-electron chi connectivity index (χ4n) is 1.42. The molecule has 0 aromatic rings. The Morgan fingerprint density at radius 3 is 2.08 bits per heavy atom. The second kappa shape index (κ2) is 12.5. The Bertz CT molecular complexity index is 462. The molecule has 14 heteroatoms. The smallest absolute Gasteiger partial charge is 0.726 e. The summed E-state index contributed by atoms with van der Waals surface area (Å²) in [7, 11) is -5.14. The summed E-state index contributed by atoms with van der Waals surface area (Å²) in [5.74, 6) is -1.11. The summed E-state index contributed by atoms with van der Waals surface area (Å²) in [6, 6.07) is 0. The van der Waals surface area contributed by atoms with Gasteiger partial charge < -0.3 is 40.5 Å². The normalized spacial score (nSPS) is 18.0. The van der Waals surface area contributed by atoms with Gasteiger partial charge >= 0.3 is 29.6 Å². The van der Waals surface area contributed by atoms with Gasteiger partial charge in [0, 0.05) is 13.2 Å². The van der Waals surface area contributed by atoms with Crippen LogP contribution in [0.5, 0.6) is 0 Å². The Kier molecular flexibility index (Phi) is 13.7. The van der Waals surface area contributed by atoms with Crippen LogP contribution in [0.15, 0.2) is 0 Å². The van der Waals surface area contributed by atoms with Crippen molar-refractivity contribution >= 4 is 16.3 Å². The molecule has 7 N–H and O–H groups in total. The third-order valence-corrected chi connectivity index (χ3v) is 3.13. The maximum atomic E-state index is 11.4. The molecule has 0 aliphatic rings. The molecule has 5 atom stereocenters. The summed E-state index contributed by atoms with van der Waals surface area (Å²) in [6.45, 7) is -1.44. The molecule has 0 saturated heterocycles. The first kappa shape index (κ1) is 26.3. The number of rotatable bonds is 11. The van der Waals surface area contributed by atoms with Crippen molar-refractivity contribution in [2.45, 2.75) is 36.9 Å². The number of aliphatic hydroxyl groups is 6. The predicted octanol–water partition coefficient (Wildman–Crippen LogP) is -8.23. The summed E-state index contributed by atoms with van der Waals surface area (Å²) >= 11 is 0. The van der Waals surface area contributed by atoms with E-state index in [1.807, 2.05) is 0 Å². The minimum atomic E-state index is -5.14. The standard InChI is InChI=1S/C10H21NO11S.Na/c12-3-1-2-11-10(18)9(17)8(16)7(15)6(14)5(13)4-22-23(19,20)21;/h5-9,12-17H,1-4H2,(H,11,18)(H,19,20,21);/q;+1/p-1/t5-,6-,7+,8-,9-;/m1./s1. The van der Waals surface area contributed by atoms with Crippen molar-refractivity contribution in [1.82, 2.24) is 5.32 Å². The van der Waals surface area contributed by atoms with Gasteiger partial charge in [0.2, 0.25) is 10.4 Å². The second-order valence-electron chi connectivity index (χ2n) is 4.54. The Labute approximate surface area is 160 Å². The molecule has 0 aromatic heterocycles. The van der Waals surface area contributed by atoms with E-state index in [0.717, 1.165) is 0 Å². The van der Waals surface area contributed by atoms with Gasteiger partial charge in [-0.1, -0.05) is 0 Å². The first-order valence-corrected chi connectivity index (χ1v) is 7.73. The van der Waals surface area contributed by atoms with E-state index in [9.17, 15) is 43.3 Å². The van der Waals surface area contributed by atoms with Crippen LogP contribution in [-0.4, -0.2) is 99.8 Å². The van der Waals surface area contributed by atoms with Crippen molar-refractivity contribution in [3.05, 3.63) is 0 Å². The van der Waals surface area contributed by atoms with Crippen molar-refractivity contribution in [2.75, 3.05) is 19.8 Å². The maximum absolute atomic E-state index is 11.4. The largest absolute Gasteiger partial charge is 1.00 e. The maximum Gasteiger partial charge on any atom is 1.00 e. The fourth-order valence-corrected chi connectivity index (χ4v) is 1.72. The van der Waals surface area contributed by atoms with Crippen LogP contribution in [0.1, 0.15) is 6.42 Å². The summed E-state index contributed by atoms with van der Waals surface area (Å²) in [4.78, 5) is 11.4. The van der Waals surface area contributed by atoms with E-state index < -0.39 is 53.4 Å². The number of hydrogen-bond donors (Lipinski definition) is 7. The predicted molar refractivity (Wildman–Crippen MR) is 70.4 cm³/mol. The van der Waals surface area contributed by atoms with Gasteiger partial charge in [-0.15, -0.1) is 0 Å². The van der Waals surface area contributed by atoms with Crippen molar-refractivity contribution in [3.8, 4) is 0 Å². The Balaban J connectivity index is 0. The van der Waals surface area contributed by atoms with E-state index >= 15 is 0 Å². The topological polar surface area (TPSA) is 217 Å². The number of nitrogens with one attached hydrogen (secondary N) is 1. The van der Waals surface area contributed by atoms with Crippen LogP contribution in [0.4, 0.5) is 0 Å². The molecule has 1 amide bonds. The zero-order valence-corrected chi connectivity index (χ0v) is 15.7. The quantitative estimate of drug-likeness (QED) is 0.0766. The van der Waals surface area contributed by atoms with Crippen LogP contribution >= 0.6 is 0 Å². The summed E-state index contributed by atoms with van der Waals surface area (Å²) in [6.07, 6.45) is -10.8. The van der Waals surface area contributed by atoms with Crippen LogP contribution in [0.3, 0.4) is 0 Å². The zero-order valence-electron chi connectivity index (χ0n) is 12.8. The Morgan fingerprint density at radius 2 is 1.62 bits per heavy atom. The number of hydrogen-bond acceptors (Lipinski definition) is 11. The van der Waals surface area contributed by atoms with Crippen LogP contribution < -0.4 is 34.9 Å². The molecule has 138 valence electrons. The molecule has 0 radical (unpaired) electrons. The molecule has 0 saturated carbocycles. The van der Waals surface area contributed by atoms with Crippen molar-refractivity contribution < 1.29 is 82.1 Å². The molecular formula is C10H20NNaO11S. The molecule has 0 spiro atoms. The molecule has 0 aliphatic carbocycles. The molecule has 24 heavy (non-hydrogen) atoms. The molecule has 0 heterocycles. The Morgan fingerprint density at radius 1 is 1.08 bits per heavy atom. The van der Waals surface area contributed by atoms with Crippen molar-refractivity contribution in [2.24, 2.45) is 0 Å². The van der Waals surface area contributed by atoms with Gasteiger partial charge in [-0.3, -0.25) is 8.98 Å². The minimum absolute atomic E-state index is 0. The first-order valence-electron chi connectivity index (χ1n) is 6.40. The van der Waals surface area contributed by atoms with E-state index in [0.29, 0.717) is 0 Å². The van der Waals surface area contributed by atoms with Gasteiger partial charge in [0.15, 0.2) is 6.10 Å². The van der Waals surface area contributed by atoms with Gasteiger partial charge in [0.1, 0.15) is 24.4 Å². The third-order valence-electron chi connectivity index (χ3n) is 2.70. The summed E-state index contributed by atoms with van der Waals surface area (Å²) in [5.41, 5.74) is 0. The first-order chi connectivity index (χ1) is 10.5. The van der Waals surface area contributed by atoms with E-state index in [1.165, 1.54) is 0 Å². The van der Waals surface area contributed by atoms with E-state index in [2.05, 4.69) is 9.50 Å². The number of amides is 1. The molecule has 12 nitrogen and oxygen atoms in total. The van der Waals surface area contributed by atoms with Crippen molar-refractivity contribution in [1.29, 1.82) is 0 Å². The van der Waals surface area contributed by atoms with Gasteiger partial charge in [-0.25, -0.2) is 8.42 Å². The van der Waals surface area contributed by atoms with E-state index in [-0.39, 0.29) is 49.1 Å². The summed E-state index contributed by atoms with van der Waals surface area (Å²) in [5, 5.41) is 58.1. The van der Waals surface area contributed by atoms with Gasteiger partial charge in [-0.2, -0.15) is 0 Å². The third kappa shape index (κ3) is 10.2. The molecule has 0 aliphatic heterocycles.